The highest BCUT2D eigenvalue weighted by atomic mass is 32.2. The molecule has 1 heterocycles. The van der Waals surface area contributed by atoms with E-state index in [4.69, 9.17) is 14.0 Å². The summed E-state index contributed by atoms with van der Waals surface area (Å²) >= 11 is -2.66. The van der Waals surface area contributed by atoms with E-state index in [1.807, 2.05) is 27.7 Å². The zero-order chi connectivity index (χ0) is 23.0. The van der Waals surface area contributed by atoms with E-state index in [1.165, 1.54) is 18.2 Å². The smallest absolute Gasteiger partial charge is 0.494 e. The molecular weight excluding hydrogens is 437 g/mol. The number of rotatable bonds is 7. The van der Waals surface area contributed by atoms with Crippen molar-refractivity contribution in [1.82, 2.24) is 0 Å². The summed E-state index contributed by atoms with van der Waals surface area (Å²) in [4.78, 5) is 0. The molecule has 11 heteroatoms. The molecule has 168 valence electrons. The van der Waals surface area contributed by atoms with Crippen molar-refractivity contribution in [2.45, 2.75) is 51.3 Å². The molecule has 31 heavy (non-hydrogen) atoms. The fourth-order valence-corrected chi connectivity index (χ4v) is 3.29. The Kier molecular flexibility index (Phi) is 6.80. The van der Waals surface area contributed by atoms with Crippen molar-refractivity contribution < 1.29 is 36.2 Å². The summed E-state index contributed by atoms with van der Waals surface area (Å²) in [6.07, 6.45) is 0. The summed E-state index contributed by atoms with van der Waals surface area (Å²) < 4.78 is 83.5. The summed E-state index contributed by atoms with van der Waals surface area (Å²) in [6, 6.07) is 7.77. The standard InChI is InChI=1S/C20H22BF4NO4S/c1-19(2)20(3,4)30-21(29-19)13-6-8-16(26-31(27)18(24)25)17(10-13)28-11-12-5-7-14(22)15(23)9-12/h5-10,18,26H,11H2,1-4H3. The Morgan fingerprint density at radius 2 is 1.68 bits per heavy atom. The second-order valence-corrected chi connectivity index (χ2v) is 9.20. The lowest BCUT2D eigenvalue weighted by molar-refractivity contribution is 0.00578. The molecule has 1 saturated heterocycles. The molecule has 1 atom stereocenters. The Hall–Kier alpha value is -1.95. The molecule has 1 N–H and O–H groups in total. The number of halogens is 4. The maximum absolute atomic E-state index is 13.5. The van der Waals surface area contributed by atoms with Crippen LogP contribution in [0.5, 0.6) is 5.75 Å². The summed E-state index contributed by atoms with van der Waals surface area (Å²) in [5, 5.41) is 0. The van der Waals surface area contributed by atoms with E-state index >= 15 is 0 Å². The Morgan fingerprint density at radius 1 is 1.03 bits per heavy atom. The first kappa shape index (κ1) is 23.7. The highest BCUT2D eigenvalue weighted by molar-refractivity contribution is 7.93. The summed E-state index contributed by atoms with van der Waals surface area (Å²) in [6.45, 7) is 7.36. The number of ether oxygens (including phenoxy) is 1. The van der Waals surface area contributed by atoms with Crippen molar-refractivity contribution in [3.05, 3.63) is 53.6 Å². The number of hydrogen-bond acceptors (Lipinski definition) is 5. The quantitative estimate of drug-likeness (QED) is 0.383. The fraction of sp³-hybridized carbons (Fsp3) is 0.400. The van der Waals surface area contributed by atoms with Gasteiger partial charge in [-0.05, 0) is 63.0 Å². The zero-order valence-corrected chi connectivity index (χ0v) is 18.2. The average Bonchev–Trinajstić information content (AvgIpc) is 2.90. The molecule has 0 saturated carbocycles. The molecule has 0 radical (unpaired) electrons. The first-order valence-corrected chi connectivity index (χ1v) is 10.6. The first-order chi connectivity index (χ1) is 14.4. The predicted molar refractivity (Wildman–Crippen MR) is 111 cm³/mol. The molecular formula is C20H22BF4NO4S. The van der Waals surface area contributed by atoms with Crippen LogP contribution >= 0.6 is 0 Å². The van der Waals surface area contributed by atoms with Gasteiger partial charge in [0.1, 0.15) is 29.4 Å². The van der Waals surface area contributed by atoms with Gasteiger partial charge in [0, 0.05) is 0 Å². The van der Waals surface area contributed by atoms with Gasteiger partial charge in [-0.1, -0.05) is 12.1 Å². The summed E-state index contributed by atoms with van der Waals surface area (Å²) in [7, 11) is -0.745. The second kappa shape index (κ2) is 8.89. The number of alkyl halides is 2. The number of benzene rings is 2. The van der Waals surface area contributed by atoms with Crippen LogP contribution < -0.4 is 14.9 Å². The van der Waals surface area contributed by atoms with Gasteiger partial charge < -0.3 is 18.6 Å². The van der Waals surface area contributed by atoms with Gasteiger partial charge in [-0.25, -0.2) is 8.78 Å². The third kappa shape index (κ3) is 5.28. The van der Waals surface area contributed by atoms with Crippen LogP contribution in [0.3, 0.4) is 0 Å². The molecule has 1 unspecified atom stereocenters. The van der Waals surface area contributed by atoms with Crippen LogP contribution in [0, 0.1) is 11.6 Å². The van der Waals surface area contributed by atoms with Crippen LogP contribution in [0.4, 0.5) is 23.2 Å². The van der Waals surface area contributed by atoms with Crippen molar-refractivity contribution in [2.75, 3.05) is 4.72 Å². The Labute approximate surface area is 181 Å². The van der Waals surface area contributed by atoms with Crippen LogP contribution in [0.1, 0.15) is 33.3 Å². The van der Waals surface area contributed by atoms with Gasteiger partial charge in [0.15, 0.2) is 11.6 Å². The van der Waals surface area contributed by atoms with E-state index in [9.17, 15) is 22.1 Å². The minimum atomic E-state index is -3.11. The molecule has 0 spiro atoms. The fourth-order valence-electron chi connectivity index (χ4n) is 2.81. The number of anilines is 1. The maximum atomic E-state index is 13.5. The number of hydrogen-bond donors (Lipinski definition) is 1. The van der Waals surface area contributed by atoms with Crippen LogP contribution in [-0.2, 0) is 27.3 Å². The van der Waals surface area contributed by atoms with E-state index in [1.54, 1.807) is 6.07 Å². The molecule has 5 nitrogen and oxygen atoms in total. The van der Waals surface area contributed by atoms with Crippen LogP contribution in [0.15, 0.2) is 36.4 Å². The average molecular weight is 459 g/mol. The highest BCUT2D eigenvalue weighted by Gasteiger charge is 2.51. The lowest BCUT2D eigenvalue weighted by atomic mass is 9.79. The van der Waals surface area contributed by atoms with Crippen molar-refractivity contribution in [3.8, 4) is 5.75 Å². The monoisotopic (exact) mass is 459 g/mol. The van der Waals surface area contributed by atoms with Crippen molar-refractivity contribution in [2.24, 2.45) is 0 Å². The van der Waals surface area contributed by atoms with Gasteiger partial charge in [-0.3, -0.25) is 0 Å². The Morgan fingerprint density at radius 3 is 2.26 bits per heavy atom. The molecule has 1 aliphatic rings. The zero-order valence-electron chi connectivity index (χ0n) is 17.4. The highest BCUT2D eigenvalue weighted by Crippen LogP contribution is 2.37. The summed E-state index contributed by atoms with van der Waals surface area (Å²) in [5.41, 5.74) is -0.286. The molecule has 2 aromatic rings. The van der Waals surface area contributed by atoms with Crippen LogP contribution in [0.25, 0.3) is 0 Å². The molecule has 1 fully saturated rings. The normalized spacial score (nSPS) is 18.3. The van der Waals surface area contributed by atoms with E-state index in [2.05, 4.69) is 4.72 Å². The molecule has 3 rings (SSSR count). The molecule has 0 amide bonds. The minimum absolute atomic E-state index is 0.0430. The predicted octanol–water partition coefficient (Wildman–Crippen LogP) is 4.14. The van der Waals surface area contributed by atoms with Crippen LogP contribution in [-0.4, -0.2) is 28.6 Å². The maximum Gasteiger partial charge on any atom is 0.494 e. The van der Waals surface area contributed by atoms with Gasteiger partial charge in [0.2, 0.25) is 0 Å². The molecule has 0 aliphatic carbocycles. The van der Waals surface area contributed by atoms with Crippen LogP contribution in [0.2, 0.25) is 0 Å². The third-order valence-electron chi connectivity index (χ3n) is 5.28. The topological polar surface area (TPSA) is 62.8 Å². The van der Waals surface area contributed by atoms with Crippen molar-refractivity contribution >= 4 is 29.6 Å². The van der Waals surface area contributed by atoms with E-state index in [0.29, 0.717) is 11.0 Å². The minimum Gasteiger partial charge on any atom is -0.588 e. The lowest BCUT2D eigenvalue weighted by Crippen LogP contribution is -2.41. The number of nitrogens with one attached hydrogen (secondary N) is 1. The third-order valence-corrected chi connectivity index (χ3v) is 6.03. The SMILES string of the molecule is CC1(C)OB(c2ccc(N[S+]([O-])C(F)F)c(OCc3ccc(F)c(F)c3)c2)OC1(C)C. The van der Waals surface area contributed by atoms with E-state index in [0.717, 1.165) is 12.1 Å². The Bertz CT molecular complexity index is 931. The molecule has 2 aromatic carbocycles. The van der Waals surface area contributed by atoms with Crippen molar-refractivity contribution in [3.63, 3.8) is 0 Å². The van der Waals surface area contributed by atoms with Gasteiger partial charge in [-0.15, -0.1) is 0 Å². The van der Waals surface area contributed by atoms with Gasteiger partial charge in [0.05, 0.1) is 11.2 Å². The van der Waals surface area contributed by atoms with E-state index in [-0.39, 0.29) is 18.0 Å². The largest absolute Gasteiger partial charge is 0.588 e. The van der Waals surface area contributed by atoms with Crippen molar-refractivity contribution in [1.29, 1.82) is 0 Å². The van der Waals surface area contributed by atoms with E-state index < -0.39 is 47.1 Å². The van der Waals surface area contributed by atoms with Gasteiger partial charge >= 0.3 is 12.9 Å². The molecule has 0 aromatic heterocycles. The summed E-state index contributed by atoms with van der Waals surface area (Å²) in [5.74, 6) is -5.07. The second-order valence-electron chi connectivity index (χ2n) is 8.04. The first-order valence-electron chi connectivity index (χ1n) is 9.41. The lowest BCUT2D eigenvalue weighted by Gasteiger charge is -2.32. The molecule has 1 aliphatic heterocycles. The van der Waals surface area contributed by atoms with Gasteiger partial charge in [-0.2, -0.15) is 13.5 Å². The molecule has 0 bridgehead atoms. The Balaban J connectivity index is 1.87. The van der Waals surface area contributed by atoms with Gasteiger partial charge in [0.25, 0.3) is 0 Å².